The highest BCUT2D eigenvalue weighted by molar-refractivity contribution is 8.00. The average Bonchev–Trinajstić information content (AvgIpc) is 3.10. The molecule has 9 nitrogen and oxygen atoms in total. The lowest BCUT2D eigenvalue weighted by atomic mass is 10.3. The van der Waals surface area contributed by atoms with Crippen LogP contribution in [0.15, 0.2) is 58.6 Å². The van der Waals surface area contributed by atoms with E-state index in [0.29, 0.717) is 21.6 Å². The van der Waals surface area contributed by atoms with Gasteiger partial charge < -0.3 is 5.32 Å². The average molecular weight is 439 g/mol. The molecule has 0 bridgehead atoms. The van der Waals surface area contributed by atoms with E-state index in [0.717, 1.165) is 0 Å². The molecule has 3 N–H and O–H groups in total. The fraction of sp³-hybridized carbons (Fsp3) is 0.125. The van der Waals surface area contributed by atoms with Crippen molar-refractivity contribution in [3.63, 3.8) is 0 Å². The number of anilines is 1. The number of tetrazole rings is 1. The molecule has 0 saturated heterocycles. The number of sulfonamides is 1. The quantitative estimate of drug-likeness (QED) is 0.563. The summed E-state index contributed by atoms with van der Waals surface area (Å²) < 4.78 is 24.1. The predicted octanol–water partition coefficient (Wildman–Crippen LogP) is 2.08. The van der Waals surface area contributed by atoms with Crippen molar-refractivity contribution in [2.75, 3.05) is 5.32 Å². The number of nitrogens with two attached hydrogens (primary N) is 1. The van der Waals surface area contributed by atoms with Gasteiger partial charge in [0.25, 0.3) is 0 Å². The van der Waals surface area contributed by atoms with Crippen LogP contribution in [0.3, 0.4) is 0 Å². The lowest BCUT2D eigenvalue weighted by Gasteiger charge is -2.12. The Hall–Kier alpha value is -2.47. The number of nitrogens with zero attached hydrogens (tertiary/aromatic N) is 4. The zero-order valence-corrected chi connectivity index (χ0v) is 16.9. The first-order chi connectivity index (χ1) is 13.2. The van der Waals surface area contributed by atoms with Gasteiger partial charge in [0.1, 0.15) is 0 Å². The minimum absolute atomic E-state index is 0.0323. The van der Waals surface area contributed by atoms with Crippen molar-refractivity contribution < 1.29 is 13.2 Å². The Morgan fingerprint density at radius 1 is 1.18 bits per heavy atom. The van der Waals surface area contributed by atoms with E-state index in [1.165, 1.54) is 40.7 Å². The SMILES string of the molecule is C[C@H](Sc1nnnn1-c1ccc(Cl)cc1)C(=O)Nc1ccc(S(N)(=O)=O)cc1. The first kappa shape index (κ1) is 20.3. The number of carbonyl (C=O) groups is 1. The highest BCUT2D eigenvalue weighted by Gasteiger charge is 2.19. The monoisotopic (exact) mass is 438 g/mol. The van der Waals surface area contributed by atoms with Crippen molar-refractivity contribution >= 4 is 45.0 Å². The number of benzene rings is 2. The Balaban J connectivity index is 1.68. The summed E-state index contributed by atoms with van der Waals surface area (Å²) in [7, 11) is -3.78. The minimum atomic E-state index is -3.78. The standard InChI is InChI=1S/C16H15ClN6O3S2/c1-10(15(24)19-12-4-8-14(9-5-12)28(18,25)26)27-16-20-21-22-23(16)13-6-2-11(17)3-7-13/h2-10H,1H3,(H,19,24)(H2,18,25,26)/t10-/m0/s1. The van der Waals surface area contributed by atoms with Crippen LogP contribution >= 0.6 is 23.4 Å². The molecule has 0 aliphatic carbocycles. The minimum Gasteiger partial charge on any atom is -0.325 e. The number of aromatic nitrogens is 4. The molecule has 1 atom stereocenters. The van der Waals surface area contributed by atoms with Crippen LogP contribution in [0.2, 0.25) is 5.02 Å². The van der Waals surface area contributed by atoms with Crippen molar-refractivity contribution in [3.05, 3.63) is 53.6 Å². The summed E-state index contributed by atoms with van der Waals surface area (Å²) in [5, 5.41) is 19.8. The normalized spacial score (nSPS) is 12.5. The Bertz CT molecular complexity index is 1080. The zero-order valence-electron chi connectivity index (χ0n) is 14.5. The predicted molar refractivity (Wildman–Crippen MR) is 106 cm³/mol. The molecule has 0 aliphatic heterocycles. The van der Waals surface area contributed by atoms with Gasteiger partial charge in [0.2, 0.25) is 21.1 Å². The van der Waals surface area contributed by atoms with E-state index in [9.17, 15) is 13.2 Å². The van der Waals surface area contributed by atoms with Crippen LogP contribution in [0.1, 0.15) is 6.92 Å². The van der Waals surface area contributed by atoms with Crippen LogP contribution in [-0.2, 0) is 14.8 Å². The maximum atomic E-state index is 12.4. The second kappa shape index (κ2) is 8.27. The summed E-state index contributed by atoms with van der Waals surface area (Å²) in [5.41, 5.74) is 1.16. The molecule has 0 fully saturated rings. The molecule has 1 heterocycles. The van der Waals surface area contributed by atoms with Crippen molar-refractivity contribution in [3.8, 4) is 5.69 Å². The summed E-state index contributed by atoms with van der Waals surface area (Å²) in [4.78, 5) is 12.4. The maximum Gasteiger partial charge on any atom is 0.238 e. The van der Waals surface area contributed by atoms with Crippen LogP contribution in [0.4, 0.5) is 5.69 Å². The van der Waals surface area contributed by atoms with Gasteiger partial charge in [-0.15, -0.1) is 5.10 Å². The highest BCUT2D eigenvalue weighted by Crippen LogP contribution is 2.24. The first-order valence-corrected chi connectivity index (χ1v) is 10.7. The molecule has 146 valence electrons. The van der Waals surface area contributed by atoms with Gasteiger partial charge in [-0.25, -0.2) is 13.6 Å². The van der Waals surface area contributed by atoms with E-state index >= 15 is 0 Å². The molecule has 0 spiro atoms. The third-order valence-corrected chi connectivity index (χ3v) is 5.83. The molecule has 1 aromatic heterocycles. The van der Waals surface area contributed by atoms with Crippen molar-refractivity contribution in [2.45, 2.75) is 22.2 Å². The van der Waals surface area contributed by atoms with Gasteiger partial charge >= 0.3 is 0 Å². The van der Waals surface area contributed by atoms with E-state index in [2.05, 4.69) is 20.8 Å². The third kappa shape index (κ3) is 4.87. The summed E-state index contributed by atoms with van der Waals surface area (Å²) in [6, 6.07) is 12.5. The number of primary sulfonamides is 1. The fourth-order valence-electron chi connectivity index (χ4n) is 2.18. The number of carbonyl (C=O) groups excluding carboxylic acids is 1. The summed E-state index contributed by atoms with van der Waals surface area (Å²) >= 11 is 7.07. The summed E-state index contributed by atoms with van der Waals surface area (Å²) in [5.74, 6) is -0.293. The molecule has 0 radical (unpaired) electrons. The second-order valence-electron chi connectivity index (χ2n) is 5.67. The van der Waals surface area contributed by atoms with Crippen LogP contribution in [0.25, 0.3) is 5.69 Å². The molecule has 3 aromatic rings. The van der Waals surface area contributed by atoms with Gasteiger partial charge in [-0.3, -0.25) is 4.79 Å². The molecule has 12 heteroatoms. The smallest absolute Gasteiger partial charge is 0.238 e. The van der Waals surface area contributed by atoms with E-state index in [1.807, 2.05) is 0 Å². The Morgan fingerprint density at radius 2 is 1.82 bits per heavy atom. The number of amides is 1. The molecule has 0 saturated carbocycles. The molecule has 3 rings (SSSR count). The number of halogens is 1. The summed E-state index contributed by atoms with van der Waals surface area (Å²) in [6.45, 7) is 1.71. The number of thioether (sulfide) groups is 1. The van der Waals surface area contributed by atoms with Crippen LogP contribution < -0.4 is 10.5 Å². The van der Waals surface area contributed by atoms with Crippen molar-refractivity contribution in [1.82, 2.24) is 20.2 Å². The van der Waals surface area contributed by atoms with Gasteiger partial charge in [-0.05, 0) is 65.9 Å². The maximum absolute atomic E-state index is 12.4. The summed E-state index contributed by atoms with van der Waals surface area (Å²) in [6.07, 6.45) is 0. The number of hydrogen-bond acceptors (Lipinski definition) is 7. The largest absolute Gasteiger partial charge is 0.325 e. The van der Waals surface area contributed by atoms with E-state index in [-0.39, 0.29) is 10.8 Å². The number of rotatable bonds is 6. The van der Waals surface area contributed by atoms with Gasteiger partial charge in [-0.2, -0.15) is 4.68 Å². The van der Waals surface area contributed by atoms with Crippen LogP contribution in [-0.4, -0.2) is 39.8 Å². The van der Waals surface area contributed by atoms with E-state index in [1.54, 1.807) is 31.2 Å². The van der Waals surface area contributed by atoms with Crippen molar-refractivity contribution in [1.29, 1.82) is 0 Å². The lowest BCUT2D eigenvalue weighted by Crippen LogP contribution is -2.23. The molecule has 1 amide bonds. The van der Waals surface area contributed by atoms with Crippen LogP contribution in [0, 0.1) is 0 Å². The van der Waals surface area contributed by atoms with E-state index < -0.39 is 15.3 Å². The highest BCUT2D eigenvalue weighted by atomic mass is 35.5. The Labute approximate surface area is 170 Å². The van der Waals surface area contributed by atoms with Gasteiger partial charge in [0, 0.05) is 10.7 Å². The Kier molecular flexibility index (Phi) is 5.98. The molecule has 2 aromatic carbocycles. The topological polar surface area (TPSA) is 133 Å². The number of nitrogens with one attached hydrogen (secondary N) is 1. The van der Waals surface area contributed by atoms with Gasteiger partial charge in [-0.1, -0.05) is 23.4 Å². The third-order valence-electron chi connectivity index (χ3n) is 3.61. The van der Waals surface area contributed by atoms with E-state index in [4.69, 9.17) is 16.7 Å². The number of hydrogen-bond donors (Lipinski definition) is 2. The first-order valence-electron chi connectivity index (χ1n) is 7.89. The van der Waals surface area contributed by atoms with Crippen molar-refractivity contribution in [2.24, 2.45) is 5.14 Å². The van der Waals surface area contributed by atoms with Gasteiger partial charge in [0.05, 0.1) is 15.8 Å². The van der Waals surface area contributed by atoms with Crippen LogP contribution in [0.5, 0.6) is 0 Å². The molecule has 0 unspecified atom stereocenters. The molecular weight excluding hydrogens is 424 g/mol. The lowest BCUT2D eigenvalue weighted by molar-refractivity contribution is -0.115. The van der Waals surface area contributed by atoms with Gasteiger partial charge in [0.15, 0.2) is 0 Å². The Morgan fingerprint density at radius 3 is 2.43 bits per heavy atom. The molecule has 28 heavy (non-hydrogen) atoms. The zero-order chi connectivity index (χ0) is 20.3. The second-order valence-corrected chi connectivity index (χ2v) is 8.97. The fourth-order valence-corrected chi connectivity index (χ4v) is 3.63. The molecule has 0 aliphatic rings. The molecular formula is C16H15ClN6O3S2.